The van der Waals surface area contributed by atoms with Gasteiger partial charge in [-0.15, -0.1) is 0 Å². The van der Waals surface area contributed by atoms with Gasteiger partial charge in [-0.2, -0.15) is 0 Å². The van der Waals surface area contributed by atoms with Crippen molar-refractivity contribution in [1.82, 2.24) is 0 Å². The smallest absolute Gasteiger partial charge is 0.393 e. The molecule has 0 saturated heterocycles. The Kier molecular flexibility index (Phi) is 5.05. The second-order valence-corrected chi connectivity index (χ2v) is 11.1. The average molecular weight is 426 g/mol. The van der Waals surface area contributed by atoms with Crippen LogP contribution in [0.3, 0.4) is 0 Å². The number of phosphoric ester groups is 1. The highest BCUT2D eigenvalue weighted by Gasteiger charge is 2.64. The van der Waals surface area contributed by atoms with Crippen molar-refractivity contribution in [3.8, 4) is 0 Å². The lowest BCUT2D eigenvalue weighted by Crippen LogP contribution is -2.65. The Morgan fingerprint density at radius 3 is 2.69 bits per heavy atom. The van der Waals surface area contributed by atoms with E-state index in [0.29, 0.717) is 12.8 Å². The first kappa shape index (κ1) is 21.4. The number of aliphatic hydroxyl groups is 2. The van der Waals surface area contributed by atoms with E-state index in [1.807, 2.05) is 13.0 Å². The predicted octanol–water partition coefficient (Wildman–Crippen LogP) is 2.50. The van der Waals surface area contributed by atoms with Crippen LogP contribution in [0.2, 0.25) is 0 Å². The first-order valence-electron chi connectivity index (χ1n) is 10.4. The Hall–Kier alpha value is -0.820. The lowest BCUT2D eigenvalue weighted by molar-refractivity contribution is -0.225. The average Bonchev–Trinajstić information content (AvgIpc) is 2.61. The highest BCUT2D eigenvalue weighted by atomic mass is 31.2. The summed E-state index contributed by atoms with van der Waals surface area (Å²) in [6.07, 6.45) is 8.55. The number of rotatable bonds is 3. The number of carbonyl (C=O) groups is 1. The van der Waals surface area contributed by atoms with Crippen LogP contribution in [0.5, 0.6) is 0 Å². The summed E-state index contributed by atoms with van der Waals surface area (Å²) in [7, 11) is -4.70. The van der Waals surface area contributed by atoms with E-state index in [-0.39, 0.29) is 29.0 Å². The largest absolute Gasteiger partial charge is 0.469 e. The zero-order chi connectivity index (χ0) is 21.2. The van der Waals surface area contributed by atoms with Crippen LogP contribution in [0.1, 0.15) is 52.4 Å². The summed E-state index contributed by atoms with van der Waals surface area (Å²) < 4.78 is 16.0. The quantitative estimate of drug-likeness (QED) is 0.511. The van der Waals surface area contributed by atoms with Crippen molar-refractivity contribution >= 4 is 13.6 Å². The number of phosphoric acid groups is 1. The molecule has 7 atom stereocenters. The zero-order valence-electron chi connectivity index (χ0n) is 17.0. The van der Waals surface area contributed by atoms with Gasteiger partial charge in [-0.25, -0.2) is 4.57 Å². The molecule has 0 bridgehead atoms. The molecule has 3 fully saturated rings. The zero-order valence-corrected chi connectivity index (χ0v) is 17.8. The van der Waals surface area contributed by atoms with Crippen molar-refractivity contribution in [3.63, 3.8) is 0 Å². The summed E-state index contributed by atoms with van der Waals surface area (Å²) in [6.45, 7) is 3.59. The summed E-state index contributed by atoms with van der Waals surface area (Å²) >= 11 is 0. The Morgan fingerprint density at radius 1 is 1.28 bits per heavy atom. The molecule has 0 aromatic heterocycles. The van der Waals surface area contributed by atoms with Crippen LogP contribution in [-0.2, 0) is 13.9 Å². The highest BCUT2D eigenvalue weighted by Crippen LogP contribution is 2.65. The number of hydrogen-bond acceptors (Lipinski definition) is 5. The molecule has 4 aliphatic carbocycles. The highest BCUT2D eigenvalue weighted by molar-refractivity contribution is 7.46. The van der Waals surface area contributed by atoms with Crippen molar-refractivity contribution in [2.45, 2.75) is 64.1 Å². The minimum absolute atomic E-state index is 0.00677. The Morgan fingerprint density at radius 2 is 2.00 bits per heavy atom. The molecule has 0 aromatic rings. The first-order chi connectivity index (χ1) is 13.4. The van der Waals surface area contributed by atoms with Gasteiger partial charge < -0.3 is 20.0 Å². The van der Waals surface area contributed by atoms with Crippen LogP contribution in [0.4, 0.5) is 0 Å². The van der Waals surface area contributed by atoms with Crippen molar-refractivity contribution in [1.29, 1.82) is 0 Å². The van der Waals surface area contributed by atoms with Gasteiger partial charge in [0.25, 0.3) is 0 Å². The van der Waals surface area contributed by atoms with Crippen LogP contribution >= 0.6 is 7.82 Å². The number of hydrogen-bond donors (Lipinski definition) is 4. The van der Waals surface area contributed by atoms with E-state index in [1.54, 1.807) is 12.2 Å². The number of ketones is 1. The number of fused-ring (bicyclic) bond motifs is 5. The minimum Gasteiger partial charge on any atom is -0.393 e. The van der Waals surface area contributed by atoms with Gasteiger partial charge in [-0.3, -0.25) is 9.32 Å². The molecule has 4 aliphatic rings. The molecular weight excluding hydrogens is 395 g/mol. The SMILES string of the molecule is C[C@]12C=CC(=O)C=C1CC[C@@H]1[C@@H]2[C@@H](O)C[C@@]2(C)[C@H]1CCC[C@@]2(O)COP(=O)(O)O. The number of allylic oxidation sites excluding steroid dienone is 4. The Balaban J connectivity index is 1.69. The number of aliphatic hydroxyl groups excluding tert-OH is 1. The molecule has 29 heavy (non-hydrogen) atoms. The van der Waals surface area contributed by atoms with Crippen LogP contribution in [-0.4, -0.2) is 44.1 Å². The van der Waals surface area contributed by atoms with Gasteiger partial charge in [-0.1, -0.05) is 31.9 Å². The van der Waals surface area contributed by atoms with Crippen molar-refractivity contribution in [2.24, 2.45) is 28.6 Å². The molecule has 0 spiro atoms. The topological polar surface area (TPSA) is 124 Å². The normalized spacial score (nSPS) is 47.1. The fraction of sp³-hybridized carbons (Fsp3) is 0.762. The van der Waals surface area contributed by atoms with Crippen molar-refractivity contribution < 1.29 is 33.9 Å². The molecule has 0 unspecified atom stereocenters. The molecule has 0 heterocycles. The van der Waals surface area contributed by atoms with Gasteiger partial charge in [0.1, 0.15) is 0 Å². The van der Waals surface area contributed by atoms with Gasteiger partial charge in [0.15, 0.2) is 5.78 Å². The molecule has 162 valence electrons. The molecule has 0 radical (unpaired) electrons. The monoisotopic (exact) mass is 426 g/mol. The first-order valence-corrected chi connectivity index (χ1v) is 12.0. The van der Waals surface area contributed by atoms with Gasteiger partial charge in [0.2, 0.25) is 0 Å². The van der Waals surface area contributed by atoms with Crippen LogP contribution in [0.25, 0.3) is 0 Å². The summed E-state index contributed by atoms with van der Waals surface area (Å²) in [4.78, 5) is 30.2. The Labute approximate surface area is 171 Å². The van der Waals surface area contributed by atoms with Crippen molar-refractivity contribution in [3.05, 3.63) is 23.8 Å². The molecule has 8 heteroatoms. The molecule has 3 saturated carbocycles. The molecule has 0 amide bonds. The number of carbonyl (C=O) groups excluding carboxylic acids is 1. The van der Waals surface area contributed by atoms with E-state index in [4.69, 9.17) is 14.3 Å². The second-order valence-electron chi connectivity index (χ2n) is 9.90. The predicted molar refractivity (Wildman–Crippen MR) is 106 cm³/mol. The van der Waals surface area contributed by atoms with Gasteiger partial charge in [-0.05, 0) is 56.1 Å². The van der Waals surface area contributed by atoms with E-state index in [2.05, 4.69) is 6.92 Å². The molecule has 7 nitrogen and oxygen atoms in total. The molecule has 0 aromatic carbocycles. The second kappa shape index (κ2) is 6.84. The maximum absolute atomic E-state index is 11.9. The van der Waals surface area contributed by atoms with E-state index < -0.39 is 31.5 Å². The molecule has 4 N–H and O–H groups in total. The summed E-state index contributed by atoms with van der Waals surface area (Å²) in [5.41, 5.74) is -1.41. The maximum Gasteiger partial charge on any atom is 0.469 e. The molecular formula is C21H31O7P. The maximum atomic E-state index is 11.9. The fourth-order valence-corrected chi connectivity index (χ4v) is 7.45. The van der Waals surface area contributed by atoms with E-state index in [0.717, 1.165) is 31.3 Å². The summed E-state index contributed by atoms with van der Waals surface area (Å²) in [5.74, 6) is 0.215. The van der Waals surface area contributed by atoms with Gasteiger partial charge in [0, 0.05) is 16.7 Å². The van der Waals surface area contributed by atoms with Crippen LogP contribution in [0, 0.1) is 28.6 Å². The molecule has 4 rings (SSSR count). The van der Waals surface area contributed by atoms with Crippen molar-refractivity contribution in [2.75, 3.05) is 6.61 Å². The summed E-state index contributed by atoms with van der Waals surface area (Å²) in [5, 5.41) is 22.8. The van der Waals surface area contributed by atoms with Gasteiger partial charge >= 0.3 is 7.82 Å². The molecule has 0 aliphatic heterocycles. The van der Waals surface area contributed by atoms with E-state index in [1.165, 1.54) is 0 Å². The fourth-order valence-electron chi connectivity index (χ4n) is 7.07. The third-order valence-corrected chi connectivity index (χ3v) is 8.99. The third-order valence-electron chi connectivity index (χ3n) is 8.53. The van der Waals surface area contributed by atoms with Gasteiger partial charge in [0.05, 0.1) is 18.3 Å². The van der Waals surface area contributed by atoms with E-state index in [9.17, 15) is 19.6 Å². The lowest BCUT2D eigenvalue weighted by Gasteiger charge is -2.64. The van der Waals surface area contributed by atoms with Crippen LogP contribution < -0.4 is 0 Å². The van der Waals surface area contributed by atoms with E-state index >= 15 is 0 Å². The third kappa shape index (κ3) is 3.31. The minimum atomic E-state index is -4.70. The standard InChI is InChI=1S/C21H31O7P/c1-19-9-7-14(22)10-13(19)5-6-15-16-4-3-8-21(24,12-28-29(25,26)27)20(16,2)11-17(23)18(15)19/h7,9-10,15-18,23-24H,3-6,8,11-12H2,1-2H3,(H2,25,26,27)/t15-,16-,17-,18+,19-,20-,21+/m0/s1. The lowest BCUT2D eigenvalue weighted by atomic mass is 9.42. The summed E-state index contributed by atoms with van der Waals surface area (Å²) in [6, 6.07) is 0. The Bertz CT molecular complexity index is 816. The van der Waals surface area contributed by atoms with Crippen LogP contribution in [0.15, 0.2) is 23.8 Å².